The van der Waals surface area contributed by atoms with Gasteiger partial charge in [-0.05, 0) is 11.6 Å². The van der Waals surface area contributed by atoms with Crippen molar-refractivity contribution in [3.8, 4) is 5.88 Å². The van der Waals surface area contributed by atoms with Crippen molar-refractivity contribution in [1.82, 2.24) is 15.0 Å². The summed E-state index contributed by atoms with van der Waals surface area (Å²) in [6.45, 7) is 0.577. The molecule has 0 bridgehead atoms. The molecule has 0 radical (unpaired) electrons. The SMILES string of the molecule is COC1CN(c2nc(Cl)nc(OCC(OC)c3ncc(F)cc3F)c2F)C1. The van der Waals surface area contributed by atoms with E-state index in [1.54, 1.807) is 12.0 Å². The lowest BCUT2D eigenvalue weighted by Crippen LogP contribution is -2.52. The standard InChI is InChI=1S/C16H16ClF3N4O3/c1-25-9-5-24(6-9)14-12(20)15(23-16(17)22-14)27-7-11(26-2)13-10(19)3-8(18)4-21-13/h3-4,9,11H,5-7H2,1-2H3. The van der Waals surface area contributed by atoms with Crippen molar-refractivity contribution in [2.45, 2.75) is 12.2 Å². The van der Waals surface area contributed by atoms with Crippen molar-refractivity contribution in [3.05, 3.63) is 40.7 Å². The summed E-state index contributed by atoms with van der Waals surface area (Å²) in [5.74, 6) is -2.96. The summed E-state index contributed by atoms with van der Waals surface area (Å²) in [5.41, 5.74) is -0.176. The van der Waals surface area contributed by atoms with E-state index in [0.29, 0.717) is 19.2 Å². The molecule has 11 heteroatoms. The zero-order chi connectivity index (χ0) is 19.6. The van der Waals surface area contributed by atoms with Crippen LogP contribution in [0.4, 0.5) is 19.0 Å². The van der Waals surface area contributed by atoms with Crippen molar-refractivity contribution < 1.29 is 27.4 Å². The molecule has 2 aromatic heterocycles. The van der Waals surface area contributed by atoms with Gasteiger partial charge in [0.2, 0.25) is 11.1 Å². The molecule has 0 saturated carbocycles. The number of hydrogen-bond acceptors (Lipinski definition) is 7. The van der Waals surface area contributed by atoms with E-state index in [1.807, 2.05) is 0 Å². The van der Waals surface area contributed by atoms with E-state index in [4.69, 9.17) is 25.8 Å². The van der Waals surface area contributed by atoms with E-state index in [-0.39, 0.29) is 29.5 Å². The van der Waals surface area contributed by atoms with Gasteiger partial charge < -0.3 is 19.1 Å². The molecule has 2 aromatic rings. The first-order valence-electron chi connectivity index (χ1n) is 7.90. The van der Waals surface area contributed by atoms with Crippen molar-refractivity contribution in [3.63, 3.8) is 0 Å². The minimum atomic E-state index is -1.01. The molecular formula is C16H16ClF3N4O3. The van der Waals surface area contributed by atoms with Crippen LogP contribution in [-0.4, -0.2) is 55.0 Å². The zero-order valence-corrected chi connectivity index (χ0v) is 15.2. The van der Waals surface area contributed by atoms with E-state index in [1.165, 1.54) is 7.11 Å². The zero-order valence-electron chi connectivity index (χ0n) is 14.5. The monoisotopic (exact) mass is 404 g/mol. The molecule has 27 heavy (non-hydrogen) atoms. The quantitative estimate of drug-likeness (QED) is 0.657. The number of ether oxygens (including phenoxy) is 3. The fraction of sp³-hybridized carbons (Fsp3) is 0.438. The van der Waals surface area contributed by atoms with E-state index in [0.717, 1.165) is 6.20 Å². The van der Waals surface area contributed by atoms with Gasteiger partial charge in [-0.3, -0.25) is 4.98 Å². The van der Waals surface area contributed by atoms with Gasteiger partial charge in [0.25, 0.3) is 5.88 Å². The predicted molar refractivity (Wildman–Crippen MR) is 89.4 cm³/mol. The molecule has 1 atom stereocenters. The highest BCUT2D eigenvalue weighted by Gasteiger charge is 2.32. The van der Waals surface area contributed by atoms with Gasteiger partial charge >= 0.3 is 0 Å². The van der Waals surface area contributed by atoms with E-state index in [2.05, 4.69) is 15.0 Å². The van der Waals surface area contributed by atoms with Gasteiger partial charge in [-0.15, -0.1) is 0 Å². The second-order valence-corrected chi connectivity index (χ2v) is 6.09. The molecule has 0 spiro atoms. The van der Waals surface area contributed by atoms with Crippen LogP contribution in [0.25, 0.3) is 0 Å². The lowest BCUT2D eigenvalue weighted by Gasteiger charge is -2.39. The highest BCUT2D eigenvalue weighted by molar-refractivity contribution is 6.28. The second-order valence-electron chi connectivity index (χ2n) is 5.75. The van der Waals surface area contributed by atoms with Crippen molar-refractivity contribution >= 4 is 17.4 Å². The van der Waals surface area contributed by atoms with Crippen LogP contribution >= 0.6 is 11.6 Å². The summed E-state index contributed by atoms with van der Waals surface area (Å²) in [7, 11) is 2.85. The first kappa shape index (κ1) is 19.6. The van der Waals surface area contributed by atoms with E-state index in [9.17, 15) is 13.2 Å². The van der Waals surface area contributed by atoms with E-state index >= 15 is 0 Å². The molecule has 0 aliphatic carbocycles. The third kappa shape index (κ3) is 4.23. The van der Waals surface area contributed by atoms with Crippen molar-refractivity contribution in [2.24, 2.45) is 0 Å². The fourth-order valence-corrected chi connectivity index (χ4v) is 2.69. The average Bonchev–Trinajstić information content (AvgIpc) is 2.59. The molecule has 1 aliphatic heterocycles. The lowest BCUT2D eigenvalue weighted by atomic mass is 10.1. The Hall–Kier alpha value is -2.17. The van der Waals surface area contributed by atoms with Gasteiger partial charge in [-0.25, -0.2) is 8.78 Å². The topological polar surface area (TPSA) is 69.6 Å². The molecule has 1 fully saturated rings. The minimum absolute atomic E-state index is 0.0154. The van der Waals surface area contributed by atoms with Gasteiger partial charge in [0.05, 0.1) is 12.3 Å². The summed E-state index contributed by atoms with van der Waals surface area (Å²) in [6.07, 6.45) is -0.183. The largest absolute Gasteiger partial charge is 0.472 e. The Morgan fingerprint density at radius 3 is 2.63 bits per heavy atom. The molecule has 0 aromatic carbocycles. The molecule has 3 heterocycles. The number of nitrogens with zero attached hydrogens (tertiary/aromatic N) is 4. The van der Waals surface area contributed by atoms with E-state index < -0.39 is 29.4 Å². The van der Waals surface area contributed by atoms with Crippen LogP contribution < -0.4 is 9.64 Å². The predicted octanol–water partition coefficient (Wildman–Crippen LogP) is 2.54. The Bertz CT molecular complexity index is 824. The first-order valence-corrected chi connectivity index (χ1v) is 8.28. The number of rotatable bonds is 7. The van der Waals surface area contributed by atoms with Gasteiger partial charge in [0, 0.05) is 33.4 Å². The summed E-state index contributed by atoms with van der Waals surface area (Å²) < 4.78 is 57.1. The van der Waals surface area contributed by atoms with Gasteiger partial charge in [0.1, 0.15) is 30.0 Å². The molecule has 1 saturated heterocycles. The number of pyridine rings is 1. The summed E-state index contributed by atoms with van der Waals surface area (Å²) in [6, 6.07) is 0.671. The third-order valence-corrected chi connectivity index (χ3v) is 4.22. The van der Waals surface area contributed by atoms with Crippen LogP contribution in [0.3, 0.4) is 0 Å². The van der Waals surface area contributed by atoms with Crippen LogP contribution in [0, 0.1) is 17.5 Å². The number of methoxy groups -OCH3 is 2. The second kappa shape index (κ2) is 8.24. The molecule has 1 aliphatic rings. The molecular weight excluding hydrogens is 389 g/mol. The van der Waals surface area contributed by atoms with Crippen LogP contribution in [-0.2, 0) is 9.47 Å². The van der Waals surface area contributed by atoms with Gasteiger partial charge in [0.15, 0.2) is 5.82 Å². The molecule has 146 valence electrons. The Balaban J connectivity index is 1.76. The highest BCUT2D eigenvalue weighted by atomic mass is 35.5. The summed E-state index contributed by atoms with van der Waals surface area (Å²) in [5, 5.41) is -0.206. The molecule has 7 nitrogen and oxygen atoms in total. The maximum Gasteiger partial charge on any atom is 0.257 e. The number of anilines is 1. The summed E-state index contributed by atoms with van der Waals surface area (Å²) >= 11 is 5.85. The molecule has 3 rings (SSSR count). The third-order valence-electron chi connectivity index (χ3n) is 4.05. The molecule has 0 amide bonds. The Morgan fingerprint density at radius 2 is 2.00 bits per heavy atom. The van der Waals surface area contributed by atoms with Crippen molar-refractivity contribution in [2.75, 3.05) is 38.8 Å². The molecule has 0 N–H and O–H groups in total. The first-order chi connectivity index (χ1) is 12.9. The molecule has 1 unspecified atom stereocenters. The lowest BCUT2D eigenvalue weighted by molar-refractivity contribution is 0.0484. The number of halogens is 4. The number of aromatic nitrogens is 3. The van der Waals surface area contributed by atoms with Gasteiger partial charge in [-0.1, -0.05) is 0 Å². The minimum Gasteiger partial charge on any atom is -0.472 e. The number of hydrogen-bond donors (Lipinski definition) is 0. The highest BCUT2D eigenvalue weighted by Crippen LogP contribution is 2.30. The van der Waals surface area contributed by atoms with Crippen LogP contribution in [0.15, 0.2) is 12.3 Å². The van der Waals surface area contributed by atoms with Gasteiger partial charge in [-0.2, -0.15) is 14.4 Å². The van der Waals surface area contributed by atoms with Crippen molar-refractivity contribution in [1.29, 1.82) is 0 Å². The smallest absolute Gasteiger partial charge is 0.257 e. The normalized spacial score (nSPS) is 15.6. The average molecular weight is 405 g/mol. The Kier molecular flexibility index (Phi) is 5.98. The fourth-order valence-electron chi connectivity index (χ4n) is 2.53. The van der Waals surface area contributed by atoms with Crippen LogP contribution in [0.5, 0.6) is 5.88 Å². The Labute approximate surface area is 158 Å². The summed E-state index contributed by atoms with van der Waals surface area (Å²) in [4.78, 5) is 12.9. The maximum atomic E-state index is 14.7. The Morgan fingerprint density at radius 1 is 1.26 bits per heavy atom. The van der Waals surface area contributed by atoms with Crippen LogP contribution in [0.2, 0.25) is 5.28 Å². The maximum absolute atomic E-state index is 14.7. The van der Waals surface area contributed by atoms with Crippen LogP contribution in [0.1, 0.15) is 11.8 Å².